The molecule has 6 nitrogen and oxygen atoms in total. The molecule has 0 atom stereocenters. The third-order valence-electron chi connectivity index (χ3n) is 2.34. The number of benzene rings is 1. The Morgan fingerprint density at radius 3 is 2.78 bits per heavy atom. The molecule has 18 heavy (non-hydrogen) atoms. The normalized spacial score (nSPS) is 10.0. The van der Waals surface area contributed by atoms with E-state index in [1.807, 2.05) is 10.8 Å². The number of carbonyl (C=O) groups excluding carboxylic acids is 1. The molecule has 94 valence electrons. The fourth-order valence-corrected chi connectivity index (χ4v) is 1.44. The molecule has 0 saturated heterocycles. The lowest BCUT2D eigenvalue weighted by Gasteiger charge is -2.07. The Morgan fingerprint density at radius 2 is 2.11 bits per heavy atom. The van der Waals surface area contributed by atoms with Crippen LogP contribution in [0.2, 0.25) is 0 Å². The highest BCUT2D eigenvalue weighted by Gasteiger charge is 2.00. The van der Waals surface area contributed by atoms with Gasteiger partial charge in [-0.1, -0.05) is 0 Å². The maximum absolute atomic E-state index is 11.5. The van der Waals surface area contributed by atoms with Crippen LogP contribution in [0, 0.1) is 0 Å². The van der Waals surface area contributed by atoms with Crippen LogP contribution < -0.4 is 10.6 Å². The van der Waals surface area contributed by atoms with Crippen molar-refractivity contribution in [3.05, 3.63) is 43.0 Å². The molecule has 1 heterocycles. The van der Waals surface area contributed by atoms with Crippen molar-refractivity contribution in [3.8, 4) is 5.75 Å². The van der Waals surface area contributed by atoms with Gasteiger partial charge in [0.25, 0.3) is 0 Å². The molecule has 0 aliphatic carbocycles. The number of aromatic nitrogens is 2. The minimum atomic E-state index is -0.277. The molecule has 2 amide bonds. The number of imidazole rings is 1. The smallest absolute Gasteiger partial charge is 0.319 e. The first-order valence-corrected chi connectivity index (χ1v) is 5.54. The molecule has 0 aliphatic rings. The number of carbonyl (C=O) groups is 1. The van der Waals surface area contributed by atoms with Crippen molar-refractivity contribution in [3.63, 3.8) is 0 Å². The van der Waals surface area contributed by atoms with Gasteiger partial charge in [0.2, 0.25) is 0 Å². The summed E-state index contributed by atoms with van der Waals surface area (Å²) in [6.45, 7) is 1.18. The van der Waals surface area contributed by atoms with Gasteiger partial charge in [0.1, 0.15) is 5.75 Å². The molecule has 0 radical (unpaired) electrons. The molecular formula is C12H14N4O2. The van der Waals surface area contributed by atoms with Gasteiger partial charge < -0.3 is 20.3 Å². The van der Waals surface area contributed by atoms with Gasteiger partial charge in [0, 0.05) is 31.2 Å². The second-order valence-electron chi connectivity index (χ2n) is 3.73. The molecule has 2 rings (SSSR count). The molecule has 1 aromatic heterocycles. The van der Waals surface area contributed by atoms with E-state index in [-0.39, 0.29) is 11.8 Å². The summed E-state index contributed by atoms with van der Waals surface area (Å²) >= 11 is 0. The highest BCUT2D eigenvalue weighted by atomic mass is 16.3. The number of hydrogen-bond acceptors (Lipinski definition) is 3. The van der Waals surface area contributed by atoms with Gasteiger partial charge in [0.05, 0.1) is 6.33 Å². The van der Waals surface area contributed by atoms with Crippen LogP contribution in [0.15, 0.2) is 43.0 Å². The van der Waals surface area contributed by atoms with E-state index in [4.69, 9.17) is 5.11 Å². The Kier molecular flexibility index (Phi) is 3.80. The average Bonchev–Trinajstić information content (AvgIpc) is 2.85. The summed E-state index contributed by atoms with van der Waals surface area (Å²) in [7, 11) is 0. The molecule has 2 aromatic rings. The maximum atomic E-state index is 11.5. The summed E-state index contributed by atoms with van der Waals surface area (Å²) in [6, 6.07) is 6.01. The van der Waals surface area contributed by atoms with E-state index in [0.29, 0.717) is 18.8 Å². The number of aromatic hydroxyl groups is 1. The van der Waals surface area contributed by atoms with Gasteiger partial charge >= 0.3 is 6.03 Å². The summed E-state index contributed by atoms with van der Waals surface area (Å²) in [5, 5.41) is 14.5. The molecule has 0 bridgehead atoms. The van der Waals surface area contributed by atoms with Crippen molar-refractivity contribution in [2.75, 3.05) is 11.9 Å². The van der Waals surface area contributed by atoms with Crippen molar-refractivity contribution in [2.24, 2.45) is 0 Å². The zero-order valence-electron chi connectivity index (χ0n) is 9.71. The third kappa shape index (κ3) is 3.51. The number of hydrogen-bond donors (Lipinski definition) is 3. The Labute approximate surface area is 104 Å². The lowest BCUT2D eigenvalue weighted by atomic mass is 10.3. The minimum Gasteiger partial charge on any atom is -0.508 e. The summed E-state index contributed by atoms with van der Waals surface area (Å²) < 4.78 is 1.88. The van der Waals surface area contributed by atoms with Crippen LogP contribution in [0.5, 0.6) is 5.75 Å². The summed E-state index contributed by atoms with van der Waals surface area (Å²) in [4.78, 5) is 15.4. The van der Waals surface area contributed by atoms with Crippen LogP contribution in [0.4, 0.5) is 10.5 Å². The number of nitrogens with one attached hydrogen (secondary N) is 2. The van der Waals surface area contributed by atoms with Crippen LogP contribution >= 0.6 is 0 Å². The number of anilines is 1. The number of phenols is 1. The van der Waals surface area contributed by atoms with Crippen molar-refractivity contribution in [2.45, 2.75) is 6.54 Å². The van der Waals surface area contributed by atoms with E-state index in [9.17, 15) is 4.79 Å². The van der Waals surface area contributed by atoms with E-state index in [1.165, 1.54) is 12.1 Å². The Balaban J connectivity index is 1.73. The molecule has 1 aromatic carbocycles. The molecule has 0 unspecified atom stereocenters. The van der Waals surface area contributed by atoms with E-state index in [2.05, 4.69) is 15.6 Å². The predicted molar refractivity (Wildman–Crippen MR) is 67.4 cm³/mol. The van der Waals surface area contributed by atoms with E-state index >= 15 is 0 Å². The zero-order valence-corrected chi connectivity index (χ0v) is 9.71. The van der Waals surface area contributed by atoms with Crippen LogP contribution in [-0.2, 0) is 6.54 Å². The van der Waals surface area contributed by atoms with E-state index < -0.39 is 0 Å². The molecule has 0 spiro atoms. The topological polar surface area (TPSA) is 79.2 Å². The first-order chi connectivity index (χ1) is 8.74. The van der Waals surface area contributed by atoms with Crippen molar-refractivity contribution >= 4 is 11.7 Å². The summed E-state index contributed by atoms with van der Waals surface area (Å²) in [5.41, 5.74) is 0.632. The number of rotatable bonds is 4. The second-order valence-corrected chi connectivity index (χ2v) is 3.73. The first kappa shape index (κ1) is 12.0. The fraction of sp³-hybridized carbons (Fsp3) is 0.167. The lowest BCUT2D eigenvalue weighted by Crippen LogP contribution is -2.31. The van der Waals surface area contributed by atoms with Crippen molar-refractivity contribution in [1.82, 2.24) is 14.9 Å². The largest absolute Gasteiger partial charge is 0.508 e. The van der Waals surface area contributed by atoms with Gasteiger partial charge in [0.15, 0.2) is 0 Å². The highest BCUT2D eigenvalue weighted by molar-refractivity contribution is 5.89. The standard InChI is InChI=1S/C12H14N4O2/c17-11-3-1-10(2-4-11)15-12(18)14-6-8-16-7-5-13-9-16/h1-5,7,9,17H,6,8H2,(H2,14,15,18). The predicted octanol–water partition coefficient (Wildman–Crippen LogP) is 1.41. The van der Waals surface area contributed by atoms with Gasteiger partial charge in [-0.2, -0.15) is 0 Å². The number of phenolic OH excluding ortho intramolecular Hbond substituents is 1. The summed E-state index contributed by atoms with van der Waals surface area (Å²) in [6.07, 6.45) is 5.22. The van der Waals surface area contributed by atoms with E-state index in [0.717, 1.165) is 0 Å². The molecule has 0 saturated carbocycles. The quantitative estimate of drug-likeness (QED) is 0.714. The third-order valence-corrected chi connectivity index (χ3v) is 2.34. The van der Waals surface area contributed by atoms with Gasteiger partial charge in [-0.15, -0.1) is 0 Å². The lowest BCUT2D eigenvalue weighted by molar-refractivity contribution is 0.251. The zero-order chi connectivity index (χ0) is 12.8. The molecule has 6 heteroatoms. The summed E-state index contributed by atoms with van der Waals surface area (Å²) in [5.74, 6) is 0.168. The number of nitrogens with zero attached hydrogens (tertiary/aromatic N) is 2. The van der Waals surface area contributed by atoms with Crippen LogP contribution in [-0.4, -0.2) is 27.2 Å². The number of urea groups is 1. The van der Waals surface area contributed by atoms with Crippen LogP contribution in [0.3, 0.4) is 0 Å². The Hall–Kier alpha value is -2.50. The molecule has 0 fully saturated rings. The van der Waals surface area contributed by atoms with Crippen LogP contribution in [0.1, 0.15) is 0 Å². The van der Waals surface area contributed by atoms with Crippen molar-refractivity contribution in [1.29, 1.82) is 0 Å². The van der Waals surface area contributed by atoms with E-state index in [1.54, 1.807) is 24.7 Å². The minimum absolute atomic E-state index is 0.168. The maximum Gasteiger partial charge on any atom is 0.319 e. The van der Waals surface area contributed by atoms with Gasteiger partial charge in [-0.05, 0) is 24.3 Å². The number of amides is 2. The SMILES string of the molecule is O=C(NCCn1ccnc1)Nc1ccc(O)cc1. The Morgan fingerprint density at radius 1 is 1.33 bits per heavy atom. The fourth-order valence-electron chi connectivity index (χ4n) is 1.44. The molecular weight excluding hydrogens is 232 g/mol. The highest BCUT2D eigenvalue weighted by Crippen LogP contribution is 2.13. The van der Waals surface area contributed by atoms with Gasteiger partial charge in [-0.25, -0.2) is 9.78 Å². The molecule has 3 N–H and O–H groups in total. The Bertz CT molecular complexity index is 493. The second kappa shape index (κ2) is 5.72. The molecule has 0 aliphatic heterocycles. The van der Waals surface area contributed by atoms with Crippen LogP contribution in [0.25, 0.3) is 0 Å². The monoisotopic (exact) mass is 246 g/mol. The van der Waals surface area contributed by atoms with Gasteiger partial charge in [-0.3, -0.25) is 0 Å². The first-order valence-electron chi connectivity index (χ1n) is 5.54. The van der Waals surface area contributed by atoms with Crippen molar-refractivity contribution < 1.29 is 9.90 Å². The average molecular weight is 246 g/mol.